The zero-order valence-corrected chi connectivity index (χ0v) is 11.1. The smallest absolute Gasteiger partial charge is 0.242 e. The summed E-state index contributed by atoms with van der Waals surface area (Å²) in [6.45, 7) is 7.36. The SMILES string of the molecule is CC(C)c1c(NN)ncnc1NC(C)(C)C(N)=O. The molecule has 0 unspecified atom stereocenters. The molecule has 0 aliphatic rings. The third kappa shape index (κ3) is 2.86. The lowest BCUT2D eigenvalue weighted by molar-refractivity contribution is -0.121. The summed E-state index contributed by atoms with van der Waals surface area (Å²) in [5, 5.41) is 3.02. The number of rotatable bonds is 5. The maximum atomic E-state index is 11.3. The minimum atomic E-state index is -0.899. The Morgan fingerprint density at radius 1 is 1.33 bits per heavy atom. The second-order valence-electron chi connectivity index (χ2n) is 4.90. The van der Waals surface area contributed by atoms with E-state index in [1.54, 1.807) is 13.8 Å². The van der Waals surface area contributed by atoms with E-state index >= 15 is 0 Å². The summed E-state index contributed by atoms with van der Waals surface area (Å²) in [7, 11) is 0. The van der Waals surface area contributed by atoms with Crippen LogP contribution in [-0.2, 0) is 4.79 Å². The molecule has 0 saturated heterocycles. The lowest BCUT2D eigenvalue weighted by Crippen LogP contribution is -2.45. The summed E-state index contributed by atoms with van der Waals surface area (Å²) >= 11 is 0. The van der Waals surface area contributed by atoms with Crippen molar-refractivity contribution >= 4 is 17.5 Å². The van der Waals surface area contributed by atoms with E-state index in [4.69, 9.17) is 11.6 Å². The van der Waals surface area contributed by atoms with Crippen LogP contribution in [0.1, 0.15) is 39.2 Å². The molecule has 0 spiro atoms. The Balaban J connectivity index is 3.21. The van der Waals surface area contributed by atoms with Gasteiger partial charge in [0, 0.05) is 5.56 Å². The van der Waals surface area contributed by atoms with E-state index in [-0.39, 0.29) is 5.92 Å². The maximum Gasteiger partial charge on any atom is 0.242 e. The minimum Gasteiger partial charge on any atom is -0.368 e. The van der Waals surface area contributed by atoms with Crippen molar-refractivity contribution in [3.05, 3.63) is 11.9 Å². The number of hydrogen-bond donors (Lipinski definition) is 4. The van der Waals surface area contributed by atoms with E-state index in [1.807, 2.05) is 13.8 Å². The van der Waals surface area contributed by atoms with Crippen molar-refractivity contribution in [2.24, 2.45) is 11.6 Å². The highest BCUT2D eigenvalue weighted by Crippen LogP contribution is 2.29. The molecule has 0 bridgehead atoms. The number of hydrazine groups is 1. The Hall–Kier alpha value is -1.89. The topological polar surface area (TPSA) is 119 Å². The number of amides is 1. The van der Waals surface area contributed by atoms with Gasteiger partial charge in [-0.1, -0.05) is 13.8 Å². The van der Waals surface area contributed by atoms with Crippen LogP contribution in [0.4, 0.5) is 11.6 Å². The first kappa shape index (κ1) is 14.2. The molecule has 1 aromatic heterocycles. The second kappa shape index (κ2) is 5.18. The van der Waals surface area contributed by atoms with Crippen LogP contribution in [-0.4, -0.2) is 21.4 Å². The number of carbonyl (C=O) groups is 1. The lowest BCUT2D eigenvalue weighted by Gasteiger charge is -2.25. The van der Waals surface area contributed by atoms with Crippen molar-refractivity contribution in [1.29, 1.82) is 0 Å². The number of anilines is 2. The average Bonchev–Trinajstić information content (AvgIpc) is 2.27. The highest BCUT2D eigenvalue weighted by Gasteiger charge is 2.27. The van der Waals surface area contributed by atoms with Gasteiger partial charge in [-0.25, -0.2) is 15.8 Å². The standard InChI is InChI=1S/C11H20N6O/c1-6(2)7-8(14-5-15-9(7)17-13)16-11(3,4)10(12)18/h5-6H,13H2,1-4H3,(H2,12,18)(H2,14,15,16,17). The van der Waals surface area contributed by atoms with Crippen LogP contribution in [0.25, 0.3) is 0 Å². The van der Waals surface area contributed by atoms with Gasteiger partial charge in [-0.3, -0.25) is 4.79 Å². The van der Waals surface area contributed by atoms with E-state index < -0.39 is 11.4 Å². The fourth-order valence-electron chi connectivity index (χ4n) is 1.51. The van der Waals surface area contributed by atoms with Crippen LogP contribution in [0.3, 0.4) is 0 Å². The zero-order chi connectivity index (χ0) is 13.9. The molecule has 1 amide bonds. The van der Waals surface area contributed by atoms with Crippen molar-refractivity contribution in [3.8, 4) is 0 Å². The van der Waals surface area contributed by atoms with Gasteiger partial charge in [-0.05, 0) is 19.8 Å². The first-order valence-electron chi connectivity index (χ1n) is 5.69. The molecule has 6 N–H and O–H groups in total. The first-order chi connectivity index (χ1) is 8.29. The highest BCUT2D eigenvalue weighted by molar-refractivity contribution is 5.87. The van der Waals surface area contributed by atoms with E-state index in [1.165, 1.54) is 6.33 Å². The number of hydrogen-bond acceptors (Lipinski definition) is 6. The molecule has 1 aromatic rings. The summed E-state index contributed by atoms with van der Waals surface area (Å²) in [5.74, 6) is 6.19. The Morgan fingerprint density at radius 2 is 1.89 bits per heavy atom. The molecule has 0 aliphatic carbocycles. The van der Waals surface area contributed by atoms with Crippen molar-refractivity contribution < 1.29 is 4.79 Å². The molecule has 0 atom stereocenters. The van der Waals surface area contributed by atoms with Crippen molar-refractivity contribution in [1.82, 2.24) is 9.97 Å². The molecule has 1 rings (SSSR count). The molecule has 18 heavy (non-hydrogen) atoms. The number of primary amides is 1. The van der Waals surface area contributed by atoms with Gasteiger partial charge < -0.3 is 16.5 Å². The molecule has 0 fully saturated rings. The maximum absolute atomic E-state index is 11.3. The number of nitrogens with two attached hydrogens (primary N) is 2. The monoisotopic (exact) mass is 252 g/mol. The summed E-state index contributed by atoms with van der Waals surface area (Å²) in [6, 6.07) is 0. The van der Waals surface area contributed by atoms with Gasteiger partial charge in [0.1, 0.15) is 23.5 Å². The summed E-state index contributed by atoms with van der Waals surface area (Å²) in [5.41, 5.74) is 7.77. The summed E-state index contributed by atoms with van der Waals surface area (Å²) < 4.78 is 0. The van der Waals surface area contributed by atoms with Crippen LogP contribution >= 0.6 is 0 Å². The fraction of sp³-hybridized carbons (Fsp3) is 0.545. The predicted molar refractivity (Wildman–Crippen MR) is 70.8 cm³/mol. The molecular formula is C11H20N6O. The molecule has 0 radical (unpaired) electrons. The molecule has 0 aliphatic heterocycles. The Kier molecular flexibility index (Phi) is 4.07. The molecule has 100 valence electrons. The third-order valence-corrected chi connectivity index (χ3v) is 2.64. The van der Waals surface area contributed by atoms with Gasteiger partial charge in [0.25, 0.3) is 0 Å². The first-order valence-corrected chi connectivity index (χ1v) is 5.69. The molecular weight excluding hydrogens is 232 g/mol. The normalized spacial score (nSPS) is 11.4. The predicted octanol–water partition coefficient (Wildman–Crippen LogP) is 0.561. The van der Waals surface area contributed by atoms with Gasteiger partial charge in [-0.15, -0.1) is 0 Å². The average molecular weight is 252 g/mol. The van der Waals surface area contributed by atoms with Gasteiger partial charge in [0.15, 0.2) is 0 Å². The van der Waals surface area contributed by atoms with E-state index in [2.05, 4.69) is 20.7 Å². The number of nitrogens with one attached hydrogen (secondary N) is 2. The third-order valence-electron chi connectivity index (χ3n) is 2.64. The minimum absolute atomic E-state index is 0.142. The van der Waals surface area contributed by atoms with Crippen molar-refractivity contribution in [2.75, 3.05) is 10.7 Å². The van der Waals surface area contributed by atoms with Crippen molar-refractivity contribution in [2.45, 2.75) is 39.2 Å². The van der Waals surface area contributed by atoms with E-state index in [0.717, 1.165) is 5.56 Å². The lowest BCUT2D eigenvalue weighted by atomic mass is 10.0. The molecule has 0 saturated carbocycles. The number of nitrogen functional groups attached to an aromatic ring is 1. The number of nitrogens with zero attached hydrogens (tertiary/aromatic N) is 2. The zero-order valence-electron chi connectivity index (χ0n) is 11.1. The summed E-state index contributed by atoms with van der Waals surface area (Å²) in [4.78, 5) is 19.5. The number of aromatic nitrogens is 2. The second-order valence-corrected chi connectivity index (χ2v) is 4.90. The molecule has 0 aromatic carbocycles. The molecule has 7 nitrogen and oxygen atoms in total. The molecule has 7 heteroatoms. The van der Waals surface area contributed by atoms with Crippen LogP contribution < -0.4 is 22.3 Å². The Bertz CT molecular complexity index is 443. The van der Waals surface area contributed by atoms with Gasteiger partial charge in [0.05, 0.1) is 0 Å². The van der Waals surface area contributed by atoms with Crippen LogP contribution in [0.5, 0.6) is 0 Å². The molecule has 1 heterocycles. The Morgan fingerprint density at radius 3 is 2.33 bits per heavy atom. The van der Waals surface area contributed by atoms with E-state index in [9.17, 15) is 4.79 Å². The Labute approximate surface area is 106 Å². The number of carbonyl (C=O) groups excluding carboxylic acids is 1. The van der Waals surface area contributed by atoms with Crippen LogP contribution in [0.2, 0.25) is 0 Å². The summed E-state index contributed by atoms with van der Waals surface area (Å²) in [6.07, 6.45) is 1.38. The largest absolute Gasteiger partial charge is 0.368 e. The highest BCUT2D eigenvalue weighted by atomic mass is 16.1. The van der Waals surface area contributed by atoms with Gasteiger partial charge >= 0.3 is 0 Å². The quantitative estimate of drug-likeness (QED) is 0.449. The van der Waals surface area contributed by atoms with Gasteiger partial charge in [0.2, 0.25) is 5.91 Å². The van der Waals surface area contributed by atoms with Crippen LogP contribution in [0, 0.1) is 0 Å². The fourth-order valence-corrected chi connectivity index (χ4v) is 1.51. The van der Waals surface area contributed by atoms with Crippen LogP contribution in [0.15, 0.2) is 6.33 Å². The van der Waals surface area contributed by atoms with Gasteiger partial charge in [-0.2, -0.15) is 0 Å². The van der Waals surface area contributed by atoms with Crippen molar-refractivity contribution in [3.63, 3.8) is 0 Å². The van der Waals surface area contributed by atoms with E-state index in [0.29, 0.717) is 11.6 Å².